The van der Waals surface area contributed by atoms with Crippen molar-refractivity contribution in [1.29, 1.82) is 0 Å². The van der Waals surface area contributed by atoms with Crippen LogP contribution in [0.4, 0.5) is 0 Å². The van der Waals surface area contributed by atoms with E-state index in [0.29, 0.717) is 10.9 Å². The Labute approximate surface area is 104 Å². The van der Waals surface area contributed by atoms with Crippen LogP contribution in [0.15, 0.2) is 23.0 Å². The smallest absolute Gasteiger partial charge is 0.305 e. The molecule has 0 radical (unpaired) electrons. The number of aromatic nitrogens is 2. The van der Waals surface area contributed by atoms with E-state index in [-0.39, 0.29) is 5.69 Å². The van der Waals surface area contributed by atoms with Gasteiger partial charge in [-0.05, 0) is 37.0 Å². The second-order valence-corrected chi connectivity index (χ2v) is 5.29. The molecule has 0 unspecified atom stereocenters. The van der Waals surface area contributed by atoms with Crippen molar-refractivity contribution < 1.29 is 0 Å². The highest BCUT2D eigenvalue weighted by atomic mass is 35.5. The van der Waals surface area contributed by atoms with E-state index in [1.54, 1.807) is 0 Å². The molecule has 1 fully saturated rings. The summed E-state index contributed by atoms with van der Waals surface area (Å²) in [5.74, 6) is 0.655. The number of halogens is 1. The summed E-state index contributed by atoms with van der Waals surface area (Å²) in [4.78, 5) is 14.8. The number of nitrogens with one attached hydrogen (secondary N) is 1. The monoisotopic (exact) mass is 250 g/mol. The number of imidazole rings is 1. The SMILES string of the molecule is O=c1[nH]c2cc(Cl)ccc2n1CC1CCCC1. The zero-order valence-electron chi connectivity index (χ0n) is 9.58. The van der Waals surface area contributed by atoms with Gasteiger partial charge in [-0.2, -0.15) is 0 Å². The lowest BCUT2D eigenvalue weighted by Crippen LogP contribution is -2.20. The largest absolute Gasteiger partial charge is 0.326 e. The molecule has 0 atom stereocenters. The number of hydrogen-bond donors (Lipinski definition) is 1. The molecule has 0 amide bonds. The molecule has 0 aliphatic heterocycles. The summed E-state index contributed by atoms with van der Waals surface area (Å²) in [7, 11) is 0. The van der Waals surface area contributed by atoms with Crippen LogP contribution < -0.4 is 5.69 Å². The van der Waals surface area contributed by atoms with Gasteiger partial charge in [-0.3, -0.25) is 4.57 Å². The van der Waals surface area contributed by atoms with Crippen LogP contribution in [-0.4, -0.2) is 9.55 Å². The summed E-state index contributed by atoms with van der Waals surface area (Å²) in [5.41, 5.74) is 1.78. The van der Waals surface area contributed by atoms with E-state index >= 15 is 0 Å². The molecule has 3 rings (SSSR count). The van der Waals surface area contributed by atoms with E-state index in [1.165, 1.54) is 25.7 Å². The van der Waals surface area contributed by atoms with E-state index < -0.39 is 0 Å². The predicted molar refractivity (Wildman–Crippen MR) is 69.5 cm³/mol. The molecule has 0 spiro atoms. The lowest BCUT2D eigenvalue weighted by atomic mass is 10.1. The molecule has 2 aromatic rings. The summed E-state index contributed by atoms with van der Waals surface area (Å²) in [5, 5.41) is 0.659. The van der Waals surface area contributed by atoms with Gasteiger partial charge in [-0.1, -0.05) is 24.4 Å². The highest BCUT2D eigenvalue weighted by Gasteiger charge is 2.17. The molecular formula is C13H15ClN2O. The summed E-state index contributed by atoms with van der Waals surface area (Å²) in [6.45, 7) is 0.834. The maximum atomic E-state index is 11.9. The van der Waals surface area contributed by atoms with Crippen molar-refractivity contribution in [2.45, 2.75) is 32.2 Å². The summed E-state index contributed by atoms with van der Waals surface area (Å²) in [6, 6.07) is 5.57. The van der Waals surface area contributed by atoms with Crippen molar-refractivity contribution in [3.05, 3.63) is 33.7 Å². The Morgan fingerprint density at radius 1 is 1.35 bits per heavy atom. The molecule has 90 valence electrons. The van der Waals surface area contributed by atoms with E-state index in [9.17, 15) is 4.79 Å². The van der Waals surface area contributed by atoms with Crippen molar-refractivity contribution in [3.8, 4) is 0 Å². The molecule has 4 heteroatoms. The second-order valence-electron chi connectivity index (χ2n) is 4.85. The first-order valence-corrected chi connectivity index (χ1v) is 6.50. The van der Waals surface area contributed by atoms with Gasteiger partial charge >= 0.3 is 5.69 Å². The number of nitrogens with zero attached hydrogens (tertiary/aromatic N) is 1. The summed E-state index contributed by atoms with van der Waals surface area (Å²) in [6.07, 6.45) is 5.08. The topological polar surface area (TPSA) is 37.8 Å². The molecule has 1 aliphatic rings. The highest BCUT2D eigenvalue weighted by molar-refractivity contribution is 6.31. The van der Waals surface area contributed by atoms with Crippen molar-refractivity contribution >= 4 is 22.6 Å². The minimum absolute atomic E-state index is 0.0193. The fourth-order valence-corrected chi connectivity index (χ4v) is 2.94. The maximum Gasteiger partial charge on any atom is 0.326 e. The van der Waals surface area contributed by atoms with Crippen molar-refractivity contribution in [2.75, 3.05) is 0 Å². The zero-order valence-corrected chi connectivity index (χ0v) is 10.3. The van der Waals surface area contributed by atoms with Crippen molar-refractivity contribution in [1.82, 2.24) is 9.55 Å². The number of fused-ring (bicyclic) bond motifs is 1. The van der Waals surface area contributed by atoms with Crippen molar-refractivity contribution in [3.63, 3.8) is 0 Å². The molecule has 1 heterocycles. The molecule has 1 saturated carbocycles. The van der Waals surface area contributed by atoms with Crippen LogP contribution in [0.1, 0.15) is 25.7 Å². The maximum absolute atomic E-state index is 11.9. The summed E-state index contributed by atoms with van der Waals surface area (Å²) < 4.78 is 1.85. The molecule has 0 saturated heterocycles. The average molecular weight is 251 g/mol. The third-order valence-electron chi connectivity index (χ3n) is 3.65. The lowest BCUT2D eigenvalue weighted by molar-refractivity contribution is 0.457. The molecule has 17 heavy (non-hydrogen) atoms. The highest BCUT2D eigenvalue weighted by Crippen LogP contribution is 2.27. The van der Waals surface area contributed by atoms with Crippen LogP contribution in [0.5, 0.6) is 0 Å². The van der Waals surface area contributed by atoms with Gasteiger partial charge in [0.25, 0.3) is 0 Å². The van der Waals surface area contributed by atoms with Gasteiger partial charge in [0.05, 0.1) is 11.0 Å². The number of H-pyrrole nitrogens is 1. The van der Waals surface area contributed by atoms with Crippen LogP contribution in [0.3, 0.4) is 0 Å². The molecule has 3 nitrogen and oxygen atoms in total. The van der Waals surface area contributed by atoms with Gasteiger partial charge in [-0.15, -0.1) is 0 Å². The Kier molecular flexibility index (Phi) is 2.71. The first-order chi connectivity index (χ1) is 8.24. The van der Waals surface area contributed by atoms with Gasteiger partial charge in [0.1, 0.15) is 0 Å². The zero-order chi connectivity index (χ0) is 11.8. The van der Waals surface area contributed by atoms with E-state index in [4.69, 9.17) is 11.6 Å². The lowest BCUT2D eigenvalue weighted by Gasteiger charge is -2.09. The van der Waals surface area contributed by atoms with Crippen LogP contribution in [-0.2, 0) is 6.54 Å². The Balaban J connectivity index is 2.02. The van der Waals surface area contributed by atoms with Gasteiger partial charge in [-0.25, -0.2) is 4.79 Å². The Bertz CT molecular complexity index is 593. The summed E-state index contributed by atoms with van der Waals surface area (Å²) >= 11 is 5.92. The molecule has 1 aliphatic carbocycles. The van der Waals surface area contributed by atoms with Gasteiger partial charge < -0.3 is 4.98 Å². The van der Waals surface area contributed by atoms with Crippen molar-refractivity contribution in [2.24, 2.45) is 5.92 Å². The molecule has 1 aromatic heterocycles. The first kappa shape index (κ1) is 10.9. The standard InChI is InChI=1S/C13H15ClN2O/c14-10-5-6-12-11(7-10)15-13(17)16(12)8-9-3-1-2-4-9/h5-7,9H,1-4,8H2,(H,15,17). The normalized spacial score (nSPS) is 17.0. The van der Waals surface area contributed by atoms with Gasteiger partial charge in [0, 0.05) is 11.6 Å². The predicted octanol–water partition coefficient (Wildman–Crippen LogP) is 3.17. The van der Waals surface area contributed by atoms with Crippen LogP contribution in [0.25, 0.3) is 11.0 Å². The Hall–Kier alpha value is -1.22. The molecule has 1 N–H and O–H groups in total. The van der Waals surface area contributed by atoms with Crippen LogP contribution in [0, 0.1) is 5.92 Å². The number of rotatable bonds is 2. The quantitative estimate of drug-likeness (QED) is 0.874. The molecule has 1 aromatic carbocycles. The Morgan fingerprint density at radius 2 is 2.12 bits per heavy atom. The third kappa shape index (κ3) is 2.00. The van der Waals surface area contributed by atoms with Crippen LogP contribution in [0.2, 0.25) is 5.02 Å². The number of hydrogen-bond acceptors (Lipinski definition) is 1. The molecular weight excluding hydrogens is 236 g/mol. The number of benzene rings is 1. The molecule has 0 bridgehead atoms. The first-order valence-electron chi connectivity index (χ1n) is 6.12. The van der Waals surface area contributed by atoms with E-state index in [1.807, 2.05) is 22.8 Å². The van der Waals surface area contributed by atoms with Crippen LogP contribution >= 0.6 is 11.6 Å². The average Bonchev–Trinajstić information content (AvgIpc) is 2.88. The van der Waals surface area contributed by atoms with Gasteiger partial charge in [0.15, 0.2) is 0 Å². The third-order valence-corrected chi connectivity index (χ3v) is 3.89. The fourth-order valence-electron chi connectivity index (χ4n) is 2.77. The van der Waals surface area contributed by atoms with E-state index in [2.05, 4.69) is 4.98 Å². The van der Waals surface area contributed by atoms with Gasteiger partial charge in [0.2, 0.25) is 0 Å². The van der Waals surface area contributed by atoms with E-state index in [0.717, 1.165) is 17.6 Å². The number of aromatic amines is 1. The fraction of sp³-hybridized carbons (Fsp3) is 0.462. The minimum atomic E-state index is -0.0193. The minimum Gasteiger partial charge on any atom is -0.305 e. The Morgan fingerprint density at radius 3 is 2.88 bits per heavy atom. The second kappa shape index (κ2) is 4.22.